The average molecular weight is 602 g/mol. The molecule has 1 saturated heterocycles. The van der Waals surface area contributed by atoms with Gasteiger partial charge in [0.1, 0.15) is 6.04 Å². The van der Waals surface area contributed by atoms with Gasteiger partial charge in [0, 0.05) is 15.7 Å². The van der Waals surface area contributed by atoms with E-state index in [0.717, 1.165) is 54.9 Å². The van der Waals surface area contributed by atoms with Gasteiger partial charge in [-0.1, -0.05) is 76.6 Å². The fraction of sp³-hybridized carbons (Fsp3) is 0.129. The number of esters is 1. The number of rotatable bonds is 7. The van der Waals surface area contributed by atoms with Crippen LogP contribution in [0.3, 0.4) is 0 Å². The topological polar surface area (TPSA) is 68.6 Å². The van der Waals surface area contributed by atoms with Gasteiger partial charge >= 0.3 is 5.97 Å². The van der Waals surface area contributed by atoms with E-state index < -0.39 is 23.2 Å². The van der Waals surface area contributed by atoms with Crippen molar-refractivity contribution in [1.29, 1.82) is 0 Å². The lowest BCUT2D eigenvalue weighted by molar-refractivity contribution is -0.150. The Morgan fingerprint density at radius 1 is 0.949 bits per heavy atom. The third-order valence-electron chi connectivity index (χ3n) is 6.36. The van der Waals surface area contributed by atoms with Crippen molar-refractivity contribution in [3.63, 3.8) is 0 Å². The van der Waals surface area contributed by atoms with Gasteiger partial charge in [0.2, 0.25) is 0 Å². The lowest BCUT2D eigenvalue weighted by Crippen LogP contribution is -2.42. The normalized spacial score (nSPS) is 15.2. The zero-order valence-corrected chi connectivity index (χ0v) is 23.7. The van der Waals surface area contributed by atoms with E-state index in [4.69, 9.17) is 4.74 Å². The van der Waals surface area contributed by atoms with E-state index in [-0.39, 0.29) is 11.5 Å². The van der Waals surface area contributed by atoms with Crippen molar-refractivity contribution in [3.8, 4) is 28.2 Å². The van der Waals surface area contributed by atoms with Gasteiger partial charge in [-0.15, -0.1) is 0 Å². The quantitative estimate of drug-likeness (QED) is 0.162. The Labute approximate surface area is 239 Å². The predicted octanol–water partition coefficient (Wildman–Crippen LogP) is 7.56. The number of aromatic nitrogens is 1. The van der Waals surface area contributed by atoms with Crippen LogP contribution >= 0.6 is 27.7 Å². The molecule has 8 heteroatoms. The Morgan fingerprint density at radius 3 is 2.18 bits per heavy atom. The molecule has 2 amide bonds. The SMILES string of the molecule is CCOC(=O)[C@H](C)N1C(=O)S/C(=C\c2cc(-c3ccccc3)n(-c3ccc(Br)cc3)c2-c2ccccc2)C1=O. The maximum Gasteiger partial charge on any atom is 0.329 e. The number of benzene rings is 3. The maximum atomic E-state index is 13.4. The maximum absolute atomic E-state index is 13.4. The van der Waals surface area contributed by atoms with Crippen molar-refractivity contribution in [1.82, 2.24) is 9.47 Å². The molecule has 4 aromatic rings. The molecule has 39 heavy (non-hydrogen) atoms. The summed E-state index contributed by atoms with van der Waals surface area (Å²) in [7, 11) is 0. The Kier molecular flexibility index (Phi) is 7.86. The van der Waals surface area contributed by atoms with Crippen LogP contribution < -0.4 is 0 Å². The second-order valence-electron chi connectivity index (χ2n) is 8.86. The number of ether oxygens (including phenoxy) is 1. The van der Waals surface area contributed by atoms with Crippen molar-refractivity contribution < 1.29 is 19.1 Å². The van der Waals surface area contributed by atoms with E-state index in [1.54, 1.807) is 13.0 Å². The van der Waals surface area contributed by atoms with Gasteiger partial charge in [0.25, 0.3) is 11.1 Å². The third kappa shape index (κ3) is 5.35. The van der Waals surface area contributed by atoms with Crippen LogP contribution in [0.2, 0.25) is 0 Å². The van der Waals surface area contributed by atoms with Crippen molar-refractivity contribution >= 4 is 50.9 Å². The Bertz CT molecular complexity index is 1560. The number of nitrogens with zero attached hydrogens (tertiary/aromatic N) is 2. The number of halogens is 1. The van der Waals surface area contributed by atoms with Crippen LogP contribution in [0.1, 0.15) is 19.4 Å². The van der Waals surface area contributed by atoms with Crippen molar-refractivity contribution in [2.24, 2.45) is 0 Å². The minimum atomic E-state index is -1.01. The molecular weight excluding hydrogens is 576 g/mol. The van der Waals surface area contributed by atoms with Gasteiger partial charge in [0.05, 0.1) is 22.9 Å². The Hall–Kier alpha value is -3.88. The lowest BCUT2D eigenvalue weighted by atomic mass is 10.1. The molecule has 5 rings (SSSR count). The average Bonchev–Trinajstić information content (AvgIpc) is 3.46. The zero-order valence-electron chi connectivity index (χ0n) is 21.3. The first-order chi connectivity index (χ1) is 18.9. The Balaban J connectivity index is 1.70. The van der Waals surface area contributed by atoms with E-state index in [1.165, 1.54) is 6.92 Å². The second kappa shape index (κ2) is 11.5. The van der Waals surface area contributed by atoms with Gasteiger partial charge in [-0.3, -0.25) is 14.5 Å². The van der Waals surface area contributed by atoms with Crippen molar-refractivity contribution in [2.45, 2.75) is 19.9 Å². The molecule has 0 aliphatic carbocycles. The minimum absolute atomic E-state index is 0.168. The molecule has 1 aromatic heterocycles. The van der Waals surface area contributed by atoms with Crippen LogP contribution in [0.15, 0.2) is 100 Å². The molecule has 0 unspecified atom stereocenters. The molecule has 1 aliphatic heterocycles. The summed E-state index contributed by atoms with van der Waals surface area (Å²) in [6.45, 7) is 3.36. The first-order valence-electron chi connectivity index (χ1n) is 12.4. The van der Waals surface area contributed by atoms with E-state index in [1.807, 2.05) is 91.0 Å². The molecule has 6 nitrogen and oxygen atoms in total. The van der Waals surface area contributed by atoms with E-state index >= 15 is 0 Å². The van der Waals surface area contributed by atoms with E-state index in [2.05, 4.69) is 20.5 Å². The molecule has 1 fully saturated rings. The van der Waals surface area contributed by atoms with E-state index in [0.29, 0.717) is 0 Å². The van der Waals surface area contributed by atoms with Gasteiger partial charge in [-0.2, -0.15) is 0 Å². The standard InChI is InChI=1S/C31H25BrN2O4S/c1-3-38-30(36)20(2)33-29(35)27(39-31(33)37)19-23-18-26(21-10-6-4-7-11-21)34(25-16-14-24(32)15-17-25)28(23)22-12-8-5-9-13-22/h4-20H,3H2,1-2H3/b27-19-/t20-/m0/s1. The lowest BCUT2D eigenvalue weighted by Gasteiger charge is -2.19. The molecule has 0 N–H and O–H groups in total. The second-order valence-corrected chi connectivity index (χ2v) is 10.8. The third-order valence-corrected chi connectivity index (χ3v) is 7.77. The molecule has 1 atom stereocenters. The number of amides is 2. The van der Waals surface area contributed by atoms with Gasteiger partial charge < -0.3 is 9.30 Å². The summed E-state index contributed by atoms with van der Waals surface area (Å²) in [6.07, 6.45) is 1.74. The molecule has 0 bridgehead atoms. The number of carbonyl (C=O) groups excluding carboxylic acids is 3. The highest BCUT2D eigenvalue weighted by Gasteiger charge is 2.41. The number of carbonyl (C=O) groups is 3. The highest BCUT2D eigenvalue weighted by atomic mass is 79.9. The highest BCUT2D eigenvalue weighted by molar-refractivity contribution is 9.10. The fourth-order valence-corrected chi connectivity index (χ4v) is 5.70. The first-order valence-corrected chi connectivity index (χ1v) is 14.1. The molecule has 0 radical (unpaired) electrons. The minimum Gasteiger partial charge on any atom is -0.464 e. The molecule has 3 aromatic carbocycles. The van der Waals surface area contributed by atoms with Crippen molar-refractivity contribution in [3.05, 3.63) is 106 Å². The fourth-order valence-electron chi connectivity index (χ4n) is 4.53. The van der Waals surface area contributed by atoms with Gasteiger partial charge in [-0.25, -0.2) is 4.79 Å². The summed E-state index contributed by atoms with van der Waals surface area (Å²) in [5.41, 5.74) is 5.48. The van der Waals surface area contributed by atoms with E-state index in [9.17, 15) is 14.4 Å². The largest absolute Gasteiger partial charge is 0.464 e. The summed E-state index contributed by atoms with van der Waals surface area (Å²) >= 11 is 4.36. The van der Waals surface area contributed by atoms with Crippen LogP contribution in [0.4, 0.5) is 4.79 Å². The number of hydrogen-bond donors (Lipinski definition) is 0. The molecule has 196 valence electrons. The van der Waals surface area contributed by atoms with Crippen LogP contribution in [-0.4, -0.2) is 39.2 Å². The van der Waals surface area contributed by atoms with Crippen molar-refractivity contribution in [2.75, 3.05) is 6.61 Å². The van der Waals surface area contributed by atoms with Crippen LogP contribution in [0, 0.1) is 0 Å². The molecule has 0 spiro atoms. The number of imide groups is 1. The number of hydrogen-bond acceptors (Lipinski definition) is 5. The van der Waals surface area contributed by atoms with Crippen LogP contribution in [0.25, 0.3) is 34.3 Å². The summed E-state index contributed by atoms with van der Waals surface area (Å²) in [6, 6.07) is 29.0. The molecule has 0 saturated carbocycles. The Morgan fingerprint density at radius 2 is 1.56 bits per heavy atom. The van der Waals surface area contributed by atoms with Gasteiger partial charge in [-0.05, 0) is 73.1 Å². The predicted molar refractivity (Wildman–Crippen MR) is 158 cm³/mol. The van der Waals surface area contributed by atoms with Crippen LogP contribution in [-0.2, 0) is 14.3 Å². The monoisotopic (exact) mass is 600 g/mol. The first kappa shape index (κ1) is 26.7. The van der Waals surface area contributed by atoms with Gasteiger partial charge in [0.15, 0.2) is 0 Å². The summed E-state index contributed by atoms with van der Waals surface area (Å²) in [5, 5.41) is -0.497. The summed E-state index contributed by atoms with van der Waals surface area (Å²) < 4.78 is 8.17. The highest BCUT2D eigenvalue weighted by Crippen LogP contribution is 2.40. The zero-order chi connectivity index (χ0) is 27.5. The number of thioether (sulfide) groups is 1. The summed E-state index contributed by atoms with van der Waals surface area (Å²) in [5.74, 6) is -1.12. The molecule has 1 aliphatic rings. The molecule has 2 heterocycles. The van der Waals surface area contributed by atoms with Crippen LogP contribution in [0.5, 0.6) is 0 Å². The summed E-state index contributed by atoms with van der Waals surface area (Å²) in [4.78, 5) is 39.8. The molecular formula is C31H25BrN2O4S. The smallest absolute Gasteiger partial charge is 0.329 e.